The first-order chi connectivity index (χ1) is 4.66. The molecule has 10 heavy (non-hydrogen) atoms. The topological polar surface area (TPSA) is 20.3 Å². The second-order valence-electron chi connectivity index (χ2n) is 2.94. The van der Waals surface area contributed by atoms with Gasteiger partial charge in [0.1, 0.15) is 6.29 Å². The number of hydrogen-bond acceptors (Lipinski definition) is 2. The fraction of sp³-hybridized carbons (Fsp3) is 0.875. The van der Waals surface area contributed by atoms with Crippen LogP contribution in [0.5, 0.6) is 0 Å². The summed E-state index contributed by atoms with van der Waals surface area (Å²) in [7, 11) is 2.02. The predicted octanol–water partition coefficient (Wildman–Crippen LogP) is 1.16. The quantitative estimate of drug-likeness (QED) is 0.513. The highest BCUT2D eigenvalue weighted by Gasteiger charge is 2.35. The van der Waals surface area contributed by atoms with Crippen LogP contribution in [0.1, 0.15) is 20.8 Å². The van der Waals surface area contributed by atoms with E-state index in [1.54, 1.807) is 0 Å². The molecule has 1 saturated heterocycles. The molecule has 0 unspecified atom stereocenters. The molecule has 1 aliphatic rings. The number of carbonyl (C=O) groups is 1. The van der Waals surface area contributed by atoms with Crippen LogP contribution >= 0.6 is 0 Å². The van der Waals surface area contributed by atoms with E-state index in [1.807, 2.05) is 27.8 Å². The molecule has 0 aromatic heterocycles. The van der Waals surface area contributed by atoms with Crippen LogP contribution in [-0.4, -0.2) is 31.3 Å². The van der Waals surface area contributed by atoms with Crippen LogP contribution in [0.15, 0.2) is 0 Å². The Morgan fingerprint density at radius 2 is 1.80 bits per heavy atom. The third-order valence-corrected chi connectivity index (χ3v) is 1.55. The summed E-state index contributed by atoms with van der Waals surface area (Å²) < 4.78 is 0. The van der Waals surface area contributed by atoms with Crippen molar-refractivity contribution in [3.8, 4) is 0 Å². The van der Waals surface area contributed by atoms with E-state index in [-0.39, 0.29) is 5.41 Å². The third-order valence-electron chi connectivity index (χ3n) is 1.55. The summed E-state index contributed by atoms with van der Waals surface area (Å²) >= 11 is 0. The first-order valence-corrected chi connectivity index (χ1v) is 3.81. The molecule has 0 aromatic rings. The zero-order valence-electron chi connectivity index (χ0n) is 7.35. The first-order valence-electron chi connectivity index (χ1n) is 3.81. The van der Waals surface area contributed by atoms with Gasteiger partial charge in [-0.1, -0.05) is 20.8 Å². The summed E-state index contributed by atoms with van der Waals surface area (Å²) in [6.07, 6.45) is 1.05. The highest BCUT2D eigenvalue weighted by Crippen LogP contribution is 2.24. The summed E-state index contributed by atoms with van der Waals surface area (Å²) in [6.45, 7) is 7.84. The maximum atomic E-state index is 10.2. The van der Waals surface area contributed by atoms with Crippen LogP contribution in [0.4, 0.5) is 0 Å². The van der Waals surface area contributed by atoms with E-state index in [0.29, 0.717) is 0 Å². The normalized spacial score (nSPS) is 22.0. The lowest BCUT2D eigenvalue weighted by Gasteiger charge is -2.41. The van der Waals surface area contributed by atoms with Crippen LogP contribution in [-0.2, 0) is 4.79 Å². The number of nitrogens with zero attached hydrogens (tertiary/aromatic N) is 1. The molecular formula is C8H17NO. The van der Waals surface area contributed by atoms with E-state index >= 15 is 0 Å². The molecular weight excluding hydrogens is 126 g/mol. The van der Waals surface area contributed by atoms with Gasteiger partial charge in [0.2, 0.25) is 0 Å². The van der Waals surface area contributed by atoms with E-state index in [9.17, 15) is 4.79 Å². The fourth-order valence-electron chi connectivity index (χ4n) is 1.26. The van der Waals surface area contributed by atoms with Gasteiger partial charge in [0, 0.05) is 18.5 Å². The van der Waals surface area contributed by atoms with Gasteiger partial charge < -0.3 is 9.69 Å². The van der Waals surface area contributed by atoms with Crippen molar-refractivity contribution in [2.75, 3.05) is 20.1 Å². The van der Waals surface area contributed by atoms with Gasteiger partial charge in [-0.2, -0.15) is 0 Å². The predicted molar refractivity (Wildman–Crippen MR) is 43.0 cm³/mol. The average molecular weight is 143 g/mol. The molecule has 0 bridgehead atoms. The zero-order valence-corrected chi connectivity index (χ0v) is 7.35. The third kappa shape index (κ3) is 2.10. The second kappa shape index (κ2) is 3.71. The minimum atomic E-state index is -0.0191. The Morgan fingerprint density at radius 3 is 1.90 bits per heavy atom. The lowest BCUT2D eigenvalue weighted by molar-refractivity contribution is -0.122. The number of rotatable bonds is 1. The molecule has 0 amide bonds. The van der Waals surface area contributed by atoms with Crippen LogP contribution in [0, 0.1) is 5.41 Å². The van der Waals surface area contributed by atoms with Crippen molar-refractivity contribution < 1.29 is 4.79 Å². The first kappa shape index (κ1) is 9.63. The molecule has 1 rings (SSSR count). The number of hydrogen-bond donors (Lipinski definition) is 0. The van der Waals surface area contributed by atoms with Crippen LogP contribution in [0.2, 0.25) is 0 Å². The zero-order chi connectivity index (χ0) is 8.20. The maximum absolute atomic E-state index is 10.2. The second-order valence-corrected chi connectivity index (χ2v) is 2.94. The Kier molecular flexibility index (Phi) is 3.58. The van der Waals surface area contributed by atoms with Gasteiger partial charge in [-0.25, -0.2) is 0 Å². The van der Waals surface area contributed by atoms with Crippen molar-refractivity contribution in [2.24, 2.45) is 5.41 Å². The number of carbonyl (C=O) groups excluding carboxylic acids is 1. The Labute approximate surface area is 63.2 Å². The molecule has 0 N–H and O–H groups in total. The van der Waals surface area contributed by atoms with Gasteiger partial charge in [0.25, 0.3) is 0 Å². The highest BCUT2D eigenvalue weighted by atomic mass is 16.1. The molecule has 0 aliphatic carbocycles. The molecule has 2 nitrogen and oxygen atoms in total. The monoisotopic (exact) mass is 143 g/mol. The van der Waals surface area contributed by atoms with Crippen molar-refractivity contribution >= 4 is 6.29 Å². The average Bonchev–Trinajstić information content (AvgIpc) is 1.90. The van der Waals surface area contributed by atoms with Gasteiger partial charge in [-0.15, -0.1) is 0 Å². The molecule has 0 saturated carbocycles. The van der Waals surface area contributed by atoms with Gasteiger partial charge in [-0.05, 0) is 7.05 Å². The molecule has 2 heteroatoms. The lowest BCUT2D eigenvalue weighted by Crippen LogP contribution is -2.53. The standard InChI is InChI=1S/C6H11NO.C2H6/c1-6(5-8)3-7(2)4-6;1-2/h5H,3-4H2,1-2H3;1-2H3. The van der Waals surface area contributed by atoms with Crippen molar-refractivity contribution in [1.82, 2.24) is 4.90 Å². The van der Waals surface area contributed by atoms with E-state index in [0.717, 1.165) is 19.4 Å². The number of likely N-dealkylation sites (tertiary alicyclic amines) is 1. The fourth-order valence-corrected chi connectivity index (χ4v) is 1.26. The molecule has 0 aromatic carbocycles. The Morgan fingerprint density at radius 1 is 1.40 bits per heavy atom. The molecule has 1 fully saturated rings. The van der Waals surface area contributed by atoms with E-state index in [4.69, 9.17) is 0 Å². The minimum absolute atomic E-state index is 0.0191. The van der Waals surface area contributed by atoms with Crippen LogP contribution in [0.25, 0.3) is 0 Å². The largest absolute Gasteiger partial charge is 0.304 e. The highest BCUT2D eigenvalue weighted by molar-refractivity contribution is 5.61. The van der Waals surface area contributed by atoms with Gasteiger partial charge >= 0.3 is 0 Å². The Hall–Kier alpha value is -0.370. The van der Waals surface area contributed by atoms with Gasteiger partial charge in [0.15, 0.2) is 0 Å². The molecule has 0 spiro atoms. The Bertz CT molecular complexity index is 106. The number of aldehydes is 1. The molecule has 1 heterocycles. The maximum Gasteiger partial charge on any atom is 0.128 e. The molecule has 0 radical (unpaired) electrons. The van der Waals surface area contributed by atoms with Crippen molar-refractivity contribution in [2.45, 2.75) is 20.8 Å². The van der Waals surface area contributed by atoms with Crippen LogP contribution in [0.3, 0.4) is 0 Å². The van der Waals surface area contributed by atoms with E-state index in [1.165, 1.54) is 0 Å². The van der Waals surface area contributed by atoms with E-state index in [2.05, 4.69) is 4.90 Å². The smallest absolute Gasteiger partial charge is 0.128 e. The minimum Gasteiger partial charge on any atom is -0.304 e. The van der Waals surface area contributed by atoms with E-state index < -0.39 is 0 Å². The Balaban J connectivity index is 0.000000371. The van der Waals surface area contributed by atoms with Gasteiger partial charge in [0.05, 0.1) is 0 Å². The summed E-state index contributed by atoms with van der Waals surface area (Å²) in [5, 5.41) is 0. The summed E-state index contributed by atoms with van der Waals surface area (Å²) in [5.41, 5.74) is -0.0191. The SMILES string of the molecule is CC.CN1CC(C)(C=O)C1. The molecule has 60 valence electrons. The molecule has 1 aliphatic heterocycles. The summed E-state index contributed by atoms with van der Waals surface area (Å²) in [5.74, 6) is 0. The lowest BCUT2D eigenvalue weighted by atomic mass is 9.84. The summed E-state index contributed by atoms with van der Waals surface area (Å²) in [4.78, 5) is 12.4. The van der Waals surface area contributed by atoms with Crippen molar-refractivity contribution in [1.29, 1.82) is 0 Å². The summed E-state index contributed by atoms with van der Waals surface area (Å²) in [6, 6.07) is 0. The van der Waals surface area contributed by atoms with Gasteiger partial charge in [-0.3, -0.25) is 0 Å². The van der Waals surface area contributed by atoms with Crippen molar-refractivity contribution in [3.05, 3.63) is 0 Å². The van der Waals surface area contributed by atoms with Crippen molar-refractivity contribution in [3.63, 3.8) is 0 Å². The molecule has 0 atom stereocenters. The van der Waals surface area contributed by atoms with Crippen LogP contribution < -0.4 is 0 Å².